The topological polar surface area (TPSA) is 28.2 Å². The van der Waals surface area contributed by atoms with Crippen LogP contribution in [0.1, 0.15) is 16.3 Å². The molecule has 1 N–H and O–H groups in total. The molecule has 2 rings (SSSR count). The Kier molecular flexibility index (Phi) is 5.01. The van der Waals surface area contributed by atoms with Crippen LogP contribution < -0.4 is 5.32 Å². The zero-order valence-electron chi connectivity index (χ0n) is 11.2. The SMILES string of the molecule is CNCc1nc(CN(C)Cc2cccc(F)c2)cs1. The minimum absolute atomic E-state index is 0.184. The first-order chi connectivity index (χ1) is 9.17. The van der Waals surface area contributed by atoms with E-state index >= 15 is 0 Å². The van der Waals surface area contributed by atoms with Crippen molar-refractivity contribution in [3.8, 4) is 0 Å². The highest BCUT2D eigenvalue weighted by molar-refractivity contribution is 7.09. The average Bonchev–Trinajstić information content (AvgIpc) is 2.77. The van der Waals surface area contributed by atoms with Gasteiger partial charge in [0.25, 0.3) is 0 Å². The maximum Gasteiger partial charge on any atom is 0.123 e. The lowest BCUT2D eigenvalue weighted by atomic mass is 10.2. The average molecular weight is 279 g/mol. The number of hydrogen-bond acceptors (Lipinski definition) is 4. The second-order valence-corrected chi connectivity index (χ2v) is 5.51. The molecule has 0 atom stereocenters. The first kappa shape index (κ1) is 14.1. The van der Waals surface area contributed by atoms with Gasteiger partial charge in [-0.15, -0.1) is 11.3 Å². The van der Waals surface area contributed by atoms with Crippen molar-refractivity contribution in [3.63, 3.8) is 0 Å². The van der Waals surface area contributed by atoms with E-state index in [1.165, 1.54) is 6.07 Å². The van der Waals surface area contributed by atoms with Crippen LogP contribution in [0.2, 0.25) is 0 Å². The summed E-state index contributed by atoms with van der Waals surface area (Å²) in [5, 5.41) is 6.26. The van der Waals surface area contributed by atoms with E-state index in [9.17, 15) is 4.39 Å². The summed E-state index contributed by atoms with van der Waals surface area (Å²) >= 11 is 1.66. The lowest BCUT2D eigenvalue weighted by Crippen LogP contribution is -2.17. The molecule has 0 aliphatic carbocycles. The number of aromatic nitrogens is 1. The highest BCUT2D eigenvalue weighted by Gasteiger charge is 2.06. The molecule has 0 radical (unpaired) electrons. The molecule has 0 saturated carbocycles. The Bertz CT molecular complexity index is 527. The number of halogens is 1. The van der Waals surface area contributed by atoms with Gasteiger partial charge in [-0.2, -0.15) is 0 Å². The van der Waals surface area contributed by atoms with Crippen molar-refractivity contribution in [2.75, 3.05) is 14.1 Å². The summed E-state index contributed by atoms with van der Waals surface area (Å²) in [6.07, 6.45) is 0. The Labute approximate surface area is 117 Å². The molecule has 1 heterocycles. The molecule has 0 spiro atoms. The lowest BCUT2D eigenvalue weighted by molar-refractivity contribution is 0.315. The summed E-state index contributed by atoms with van der Waals surface area (Å²) in [5.74, 6) is -0.184. The second kappa shape index (κ2) is 6.75. The van der Waals surface area contributed by atoms with E-state index in [4.69, 9.17) is 0 Å². The number of nitrogens with one attached hydrogen (secondary N) is 1. The van der Waals surface area contributed by atoms with Crippen LogP contribution in [-0.4, -0.2) is 24.0 Å². The molecular formula is C14H18FN3S. The fraction of sp³-hybridized carbons (Fsp3) is 0.357. The Morgan fingerprint density at radius 3 is 2.95 bits per heavy atom. The normalized spacial score (nSPS) is 11.2. The van der Waals surface area contributed by atoms with E-state index in [0.717, 1.165) is 35.9 Å². The van der Waals surface area contributed by atoms with Gasteiger partial charge in [0, 0.05) is 25.0 Å². The van der Waals surface area contributed by atoms with Gasteiger partial charge in [-0.1, -0.05) is 12.1 Å². The summed E-state index contributed by atoms with van der Waals surface area (Å²) in [5.41, 5.74) is 2.04. The summed E-state index contributed by atoms with van der Waals surface area (Å²) in [7, 11) is 3.93. The van der Waals surface area contributed by atoms with Crippen LogP contribution in [0, 0.1) is 5.82 Å². The fourth-order valence-corrected chi connectivity index (χ4v) is 2.73. The van der Waals surface area contributed by atoms with Gasteiger partial charge in [0.2, 0.25) is 0 Å². The highest BCUT2D eigenvalue weighted by atomic mass is 32.1. The van der Waals surface area contributed by atoms with Crippen LogP contribution in [0.5, 0.6) is 0 Å². The van der Waals surface area contributed by atoms with E-state index in [0.29, 0.717) is 0 Å². The van der Waals surface area contributed by atoms with Crippen molar-refractivity contribution in [2.45, 2.75) is 19.6 Å². The van der Waals surface area contributed by atoms with Gasteiger partial charge < -0.3 is 5.32 Å². The minimum atomic E-state index is -0.184. The van der Waals surface area contributed by atoms with Crippen LogP contribution in [0.15, 0.2) is 29.6 Å². The van der Waals surface area contributed by atoms with Crippen molar-refractivity contribution in [1.29, 1.82) is 0 Å². The zero-order chi connectivity index (χ0) is 13.7. The molecule has 19 heavy (non-hydrogen) atoms. The van der Waals surface area contributed by atoms with Crippen molar-refractivity contribution in [2.24, 2.45) is 0 Å². The zero-order valence-corrected chi connectivity index (χ0v) is 12.0. The van der Waals surface area contributed by atoms with E-state index in [2.05, 4.69) is 20.6 Å². The summed E-state index contributed by atoms with van der Waals surface area (Å²) in [6, 6.07) is 6.72. The van der Waals surface area contributed by atoms with Gasteiger partial charge >= 0.3 is 0 Å². The van der Waals surface area contributed by atoms with Gasteiger partial charge in [-0.25, -0.2) is 9.37 Å². The third kappa shape index (κ3) is 4.38. The van der Waals surface area contributed by atoms with Gasteiger partial charge in [-0.3, -0.25) is 4.90 Å². The standard InChI is InChI=1S/C14H18FN3S/c1-16-7-14-17-13(10-19-14)9-18(2)8-11-4-3-5-12(15)6-11/h3-6,10,16H,7-9H2,1-2H3. The maximum atomic E-state index is 13.1. The molecule has 0 aliphatic heterocycles. The molecule has 0 aliphatic rings. The van der Waals surface area contributed by atoms with Gasteiger partial charge in [0.1, 0.15) is 10.8 Å². The Balaban J connectivity index is 1.91. The number of benzene rings is 1. The number of thiazole rings is 1. The number of nitrogens with zero attached hydrogens (tertiary/aromatic N) is 2. The van der Waals surface area contributed by atoms with Crippen molar-refractivity contribution < 1.29 is 4.39 Å². The van der Waals surface area contributed by atoms with Crippen LogP contribution in [0.3, 0.4) is 0 Å². The van der Waals surface area contributed by atoms with Crippen LogP contribution in [-0.2, 0) is 19.6 Å². The van der Waals surface area contributed by atoms with Gasteiger partial charge in [0.15, 0.2) is 0 Å². The lowest BCUT2D eigenvalue weighted by Gasteiger charge is -2.15. The molecule has 0 saturated heterocycles. The highest BCUT2D eigenvalue weighted by Crippen LogP contribution is 2.13. The largest absolute Gasteiger partial charge is 0.314 e. The molecular weight excluding hydrogens is 261 g/mol. The fourth-order valence-electron chi connectivity index (χ4n) is 1.93. The van der Waals surface area contributed by atoms with E-state index < -0.39 is 0 Å². The van der Waals surface area contributed by atoms with Crippen molar-refractivity contribution >= 4 is 11.3 Å². The van der Waals surface area contributed by atoms with Crippen molar-refractivity contribution in [3.05, 3.63) is 51.7 Å². The first-order valence-electron chi connectivity index (χ1n) is 6.18. The van der Waals surface area contributed by atoms with E-state index in [1.54, 1.807) is 23.5 Å². The third-order valence-electron chi connectivity index (χ3n) is 2.70. The minimum Gasteiger partial charge on any atom is -0.314 e. The van der Waals surface area contributed by atoms with Crippen LogP contribution in [0.4, 0.5) is 4.39 Å². The first-order valence-corrected chi connectivity index (χ1v) is 7.06. The summed E-state index contributed by atoms with van der Waals surface area (Å²) < 4.78 is 13.1. The number of rotatable bonds is 6. The maximum absolute atomic E-state index is 13.1. The Hall–Kier alpha value is -1.30. The quantitative estimate of drug-likeness (QED) is 0.881. The van der Waals surface area contributed by atoms with Gasteiger partial charge in [0.05, 0.1) is 5.69 Å². The van der Waals surface area contributed by atoms with Gasteiger partial charge in [-0.05, 0) is 31.8 Å². The molecule has 2 aromatic rings. The Morgan fingerprint density at radius 1 is 1.37 bits per heavy atom. The predicted octanol–water partition coefficient (Wildman–Crippen LogP) is 2.63. The van der Waals surface area contributed by atoms with Crippen LogP contribution >= 0.6 is 11.3 Å². The van der Waals surface area contributed by atoms with Crippen LogP contribution in [0.25, 0.3) is 0 Å². The molecule has 1 aromatic heterocycles. The monoisotopic (exact) mass is 279 g/mol. The Morgan fingerprint density at radius 2 is 2.21 bits per heavy atom. The third-order valence-corrected chi connectivity index (χ3v) is 3.60. The summed E-state index contributed by atoms with van der Waals surface area (Å²) in [6.45, 7) is 2.30. The molecule has 5 heteroatoms. The molecule has 3 nitrogen and oxygen atoms in total. The number of hydrogen-bond donors (Lipinski definition) is 1. The molecule has 1 aromatic carbocycles. The molecule has 0 fully saturated rings. The summed E-state index contributed by atoms with van der Waals surface area (Å²) in [4.78, 5) is 6.67. The van der Waals surface area contributed by atoms with Crippen molar-refractivity contribution in [1.82, 2.24) is 15.2 Å². The smallest absolute Gasteiger partial charge is 0.123 e. The van der Waals surface area contributed by atoms with E-state index in [-0.39, 0.29) is 5.82 Å². The molecule has 0 unspecified atom stereocenters. The molecule has 102 valence electrons. The molecule has 0 amide bonds. The predicted molar refractivity (Wildman–Crippen MR) is 76.4 cm³/mol. The second-order valence-electron chi connectivity index (χ2n) is 4.57. The van der Waals surface area contributed by atoms with E-state index in [1.807, 2.05) is 20.2 Å². The molecule has 0 bridgehead atoms.